The highest BCUT2D eigenvalue weighted by Gasteiger charge is 2.10. The summed E-state index contributed by atoms with van der Waals surface area (Å²) in [6.07, 6.45) is 1.58. The van der Waals surface area contributed by atoms with Crippen molar-refractivity contribution < 1.29 is 14.9 Å². The number of hydrogen-bond donors (Lipinski definition) is 3. The van der Waals surface area contributed by atoms with Crippen LogP contribution in [0.4, 0.5) is 0 Å². The molecule has 2 aromatic carbocycles. The van der Waals surface area contributed by atoms with Crippen LogP contribution in [0.1, 0.15) is 19.4 Å². The molecule has 26 heavy (non-hydrogen) atoms. The lowest BCUT2D eigenvalue weighted by atomic mass is 10.2. The first kappa shape index (κ1) is 17.7. The summed E-state index contributed by atoms with van der Waals surface area (Å²) in [7, 11) is 0. The Balaban J connectivity index is 1.95. The number of hydrogen-bond acceptors (Lipinski definition) is 6. The van der Waals surface area contributed by atoms with Crippen LogP contribution in [-0.4, -0.2) is 37.4 Å². The van der Waals surface area contributed by atoms with Crippen LogP contribution in [0.5, 0.6) is 17.2 Å². The van der Waals surface area contributed by atoms with Crippen LogP contribution in [0.2, 0.25) is 0 Å². The molecule has 0 radical (unpaired) electrons. The molecule has 0 atom stereocenters. The Hall–Kier alpha value is -3.13. The maximum Gasteiger partial charge on any atom is 0.216 e. The minimum atomic E-state index is -0.219. The van der Waals surface area contributed by atoms with E-state index in [9.17, 15) is 10.2 Å². The fourth-order valence-electron chi connectivity index (χ4n) is 2.31. The molecule has 0 aliphatic rings. The van der Waals surface area contributed by atoms with Crippen LogP contribution in [0.25, 0.3) is 11.4 Å². The van der Waals surface area contributed by atoms with E-state index < -0.39 is 0 Å². The van der Waals surface area contributed by atoms with Crippen molar-refractivity contribution in [2.24, 2.45) is 5.10 Å². The Kier molecular flexibility index (Phi) is 5.04. The van der Waals surface area contributed by atoms with Crippen molar-refractivity contribution in [2.45, 2.75) is 20.0 Å². The van der Waals surface area contributed by atoms with E-state index in [0.29, 0.717) is 16.2 Å². The number of H-pyrrole nitrogens is 1. The van der Waals surface area contributed by atoms with Crippen molar-refractivity contribution in [1.82, 2.24) is 14.9 Å². The summed E-state index contributed by atoms with van der Waals surface area (Å²) >= 11 is 5.25. The summed E-state index contributed by atoms with van der Waals surface area (Å²) < 4.78 is 7.52. The SMILES string of the molecule is CC(C)Oc1cccc(-c2n[nH]c(=S)n2/N=C/c2ccc(O)c(O)c2)c1. The van der Waals surface area contributed by atoms with Crippen LogP contribution < -0.4 is 4.74 Å². The highest BCUT2D eigenvalue weighted by Crippen LogP contribution is 2.25. The first-order valence-corrected chi connectivity index (χ1v) is 8.35. The second-order valence-electron chi connectivity index (χ2n) is 5.85. The lowest BCUT2D eigenvalue weighted by Gasteiger charge is -2.10. The molecule has 3 rings (SSSR count). The summed E-state index contributed by atoms with van der Waals surface area (Å²) in [5.41, 5.74) is 1.40. The molecule has 7 nitrogen and oxygen atoms in total. The third-order valence-electron chi connectivity index (χ3n) is 3.44. The number of phenols is 2. The number of benzene rings is 2. The predicted octanol–water partition coefficient (Wildman–Crippen LogP) is 3.69. The largest absolute Gasteiger partial charge is 0.504 e. The lowest BCUT2D eigenvalue weighted by molar-refractivity contribution is 0.242. The first-order valence-electron chi connectivity index (χ1n) is 7.95. The number of rotatable bonds is 5. The van der Waals surface area contributed by atoms with Gasteiger partial charge in [-0.3, -0.25) is 0 Å². The van der Waals surface area contributed by atoms with Gasteiger partial charge in [0.1, 0.15) is 5.75 Å². The van der Waals surface area contributed by atoms with Gasteiger partial charge in [0.05, 0.1) is 12.3 Å². The van der Waals surface area contributed by atoms with Gasteiger partial charge in [0.15, 0.2) is 17.3 Å². The molecule has 3 N–H and O–H groups in total. The third kappa shape index (κ3) is 3.92. The molecule has 0 bridgehead atoms. The van der Waals surface area contributed by atoms with Gasteiger partial charge in [0, 0.05) is 5.56 Å². The van der Waals surface area contributed by atoms with Crippen LogP contribution in [0.15, 0.2) is 47.6 Å². The van der Waals surface area contributed by atoms with Crippen molar-refractivity contribution >= 4 is 18.4 Å². The molecule has 1 aromatic heterocycles. The van der Waals surface area contributed by atoms with Crippen molar-refractivity contribution in [1.29, 1.82) is 0 Å². The van der Waals surface area contributed by atoms with Gasteiger partial charge in [0.2, 0.25) is 4.77 Å². The standard InChI is InChI=1S/C18H18N4O3S/c1-11(2)25-14-5-3-4-13(9-14)17-20-21-18(26)22(17)19-10-12-6-7-15(23)16(24)8-12/h3-11,23-24H,1-2H3,(H,21,26)/b19-10+. The Morgan fingerprint density at radius 1 is 1.19 bits per heavy atom. The first-order chi connectivity index (χ1) is 12.4. The molecular formula is C18H18N4O3S. The normalized spacial score (nSPS) is 11.3. The van der Waals surface area contributed by atoms with E-state index in [-0.39, 0.29) is 17.6 Å². The molecule has 0 spiro atoms. The van der Waals surface area contributed by atoms with E-state index in [1.807, 2.05) is 38.1 Å². The second kappa shape index (κ2) is 7.40. The smallest absolute Gasteiger partial charge is 0.216 e. The van der Waals surface area contributed by atoms with E-state index in [1.54, 1.807) is 6.07 Å². The molecule has 0 saturated carbocycles. The quantitative estimate of drug-likeness (QED) is 0.362. The van der Waals surface area contributed by atoms with E-state index in [1.165, 1.54) is 23.0 Å². The van der Waals surface area contributed by atoms with Crippen molar-refractivity contribution in [3.8, 4) is 28.6 Å². The van der Waals surface area contributed by atoms with Crippen molar-refractivity contribution in [3.63, 3.8) is 0 Å². The van der Waals surface area contributed by atoms with Gasteiger partial charge in [-0.25, -0.2) is 5.10 Å². The molecular weight excluding hydrogens is 352 g/mol. The molecule has 134 valence electrons. The maximum absolute atomic E-state index is 9.58. The highest BCUT2D eigenvalue weighted by atomic mass is 32.1. The lowest BCUT2D eigenvalue weighted by Crippen LogP contribution is -2.05. The fraction of sp³-hybridized carbons (Fsp3) is 0.167. The number of phenolic OH excluding ortho intramolecular Hbond substituents is 2. The van der Waals surface area contributed by atoms with Gasteiger partial charge in [-0.05, 0) is 62.0 Å². The number of nitrogens with zero attached hydrogens (tertiary/aromatic N) is 3. The summed E-state index contributed by atoms with van der Waals surface area (Å²) in [6, 6.07) is 11.9. The van der Waals surface area contributed by atoms with Crippen molar-refractivity contribution in [2.75, 3.05) is 0 Å². The molecule has 1 heterocycles. The Labute approximate surface area is 155 Å². The van der Waals surface area contributed by atoms with Crippen molar-refractivity contribution in [3.05, 3.63) is 52.8 Å². The maximum atomic E-state index is 9.58. The Bertz CT molecular complexity index is 1010. The molecule has 0 amide bonds. The fourth-order valence-corrected chi connectivity index (χ4v) is 2.49. The summed E-state index contributed by atoms with van der Waals surface area (Å²) in [5.74, 6) is 0.849. The average molecular weight is 370 g/mol. The number of aromatic amines is 1. The highest BCUT2D eigenvalue weighted by molar-refractivity contribution is 7.71. The molecule has 0 aliphatic carbocycles. The van der Waals surface area contributed by atoms with E-state index in [2.05, 4.69) is 15.3 Å². The average Bonchev–Trinajstić information content (AvgIpc) is 2.96. The number of ether oxygens (including phenoxy) is 1. The zero-order valence-electron chi connectivity index (χ0n) is 14.2. The minimum absolute atomic E-state index is 0.0614. The molecule has 0 saturated heterocycles. The Morgan fingerprint density at radius 2 is 2.00 bits per heavy atom. The van der Waals surface area contributed by atoms with Crippen LogP contribution >= 0.6 is 12.2 Å². The van der Waals surface area contributed by atoms with Gasteiger partial charge < -0.3 is 14.9 Å². The molecule has 0 aliphatic heterocycles. The summed E-state index contributed by atoms with van der Waals surface area (Å²) in [6.45, 7) is 3.92. The zero-order valence-corrected chi connectivity index (χ0v) is 15.1. The van der Waals surface area contributed by atoms with Gasteiger partial charge >= 0.3 is 0 Å². The van der Waals surface area contributed by atoms with Gasteiger partial charge in [0.25, 0.3) is 0 Å². The Morgan fingerprint density at radius 3 is 2.73 bits per heavy atom. The van der Waals surface area contributed by atoms with E-state index in [0.717, 1.165) is 11.3 Å². The summed E-state index contributed by atoms with van der Waals surface area (Å²) in [5, 5.41) is 30.2. The van der Waals surface area contributed by atoms with Gasteiger partial charge in [-0.1, -0.05) is 12.1 Å². The number of nitrogens with one attached hydrogen (secondary N) is 1. The molecule has 0 unspecified atom stereocenters. The third-order valence-corrected chi connectivity index (χ3v) is 3.70. The molecule has 3 aromatic rings. The van der Waals surface area contributed by atoms with Gasteiger partial charge in [-0.2, -0.15) is 14.9 Å². The van der Waals surface area contributed by atoms with Crippen LogP contribution in [0, 0.1) is 4.77 Å². The number of aromatic nitrogens is 3. The van der Waals surface area contributed by atoms with E-state index in [4.69, 9.17) is 17.0 Å². The van der Waals surface area contributed by atoms with Gasteiger partial charge in [-0.15, -0.1) is 0 Å². The van der Waals surface area contributed by atoms with E-state index >= 15 is 0 Å². The summed E-state index contributed by atoms with van der Waals surface area (Å²) in [4.78, 5) is 0. The second-order valence-corrected chi connectivity index (χ2v) is 6.24. The molecule has 8 heteroatoms. The van der Waals surface area contributed by atoms with Crippen LogP contribution in [-0.2, 0) is 0 Å². The molecule has 0 fully saturated rings. The zero-order chi connectivity index (χ0) is 18.7. The topological polar surface area (TPSA) is 95.7 Å². The monoisotopic (exact) mass is 370 g/mol. The predicted molar refractivity (Wildman–Crippen MR) is 101 cm³/mol. The minimum Gasteiger partial charge on any atom is -0.504 e. The number of aromatic hydroxyl groups is 2. The van der Waals surface area contributed by atoms with Crippen LogP contribution in [0.3, 0.4) is 0 Å².